The standard InChI is InChI=1S/C22H26N4O3/c1-14-9-7-11-16(29-6)19(14)26-18(13-17(24-26)22(2,3)4)25(5)20-15(21(27)28)10-8-12-23-20/h7-13H,1-6H3,(H,27,28). The van der Waals surface area contributed by atoms with Crippen molar-refractivity contribution in [3.8, 4) is 11.4 Å². The molecule has 0 fully saturated rings. The van der Waals surface area contributed by atoms with E-state index in [0.29, 0.717) is 17.4 Å². The highest BCUT2D eigenvalue weighted by Gasteiger charge is 2.26. The van der Waals surface area contributed by atoms with Crippen molar-refractivity contribution in [3.05, 3.63) is 59.4 Å². The number of carbonyl (C=O) groups is 1. The molecule has 3 rings (SSSR count). The third-order valence-electron chi connectivity index (χ3n) is 4.77. The van der Waals surface area contributed by atoms with Crippen molar-refractivity contribution in [2.45, 2.75) is 33.1 Å². The fraction of sp³-hybridized carbons (Fsp3) is 0.318. The second-order valence-corrected chi connectivity index (χ2v) is 7.91. The molecular formula is C22H26N4O3. The predicted octanol–water partition coefficient (Wildman–Crippen LogP) is 4.35. The minimum absolute atomic E-state index is 0.122. The van der Waals surface area contributed by atoms with Gasteiger partial charge >= 0.3 is 5.97 Å². The Hall–Kier alpha value is -3.35. The quantitative estimate of drug-likeness (QED) is 0.693. The SMILES string of the molecule is COc1cccc(C)c1-n1nc(C(C)(C)C)cc1N(C)c1ncccc1C(=O)O. The van der Waals surface area contributed by atoms with Gasteiger partial charge in [-0.3, -0.25) is 0 Å². The van der Waals surface area contributed by atoms with Gasteiger partial charge in [0.1, 0.15) is 28.6 Å². The van der Waals surface area contributed by atoms with Crippen molar-refractivity contribution in [2.24, 2.45) is 0 Å². The summed E-state index contributed by atoms with van der Waals surface area (Å²) >= 11 is 0. The average Bonchev–Trinajstić information content (AvgIpc) is 3.12. The fourth-order valence-electron chi connectivity index (χ4n) is 3.15. The zero-order chi connectivity index (χ0) is 21.3. The van der Waals surface area contributed by atoms with Gasteiger partial charge in [-0.2, -0.15) is 5.10 Å². The Morgan fingerprint density at radius 2 is 1.93 bits per heavy atom. The molecule has 3 aromatic rings. The van der Waals surface area contributed by atoms with Gasteiger partial charge in [-0.05, 0) is 30.7 Å². The number of methoxy groups -OCH3 is 1. The summed E-state index contributed by atoms with van der Waals surface area (Å²) in [6.07, 6.45) is 1.58. The number of hydrogen-bond acceptors (Lipinski definition) is 5. The van der Waals surface area contributed by atoms with Crippen molar-refractivity contribution in [1.29, 1.82) is 0 Å². The average molecular weight is 394 g/mol. The summed E-state index contributed by atoms with van der Waals surface area (Å²) in [6, 6.07) is 10.9. The van der Waals surface area contributed by atoms with E-state index >= 15 is 0 Å². The van der Waals surface area contributed by atoms with E-state index in [1.165, 1.54) is 0 Å². The van der Waals surface area contributed by atoms with Crippen LogP contribution >= 0.6 is 0 Å². The van der Waals surface area contributed by atoms with Gasteiger partial charge in [0.05, 0.1) is 12.8 Å². The first-order valence-electron chi connectivity index (χ1n) is 9.31. The van der Waals surface area contributed by atoms with Crippen molar-refractivity contribution in [3.63, 3.8) is 0 Å². The first-order valence-corrected chi connectivity index (χ1v) is 9.31. The second-order valence-electron chi connectivity index (χ2n) is 7.91. The van der Waals surface area contributed by atoms with E-state index in [2.05, 4.69) is 25.8 Å². The van der Waals surface area contributed by atoms with Crippen LogP contribution in [0.4, 0.5) is 11.6 Å². The van der Waals surface area contributed by atoms with Crippen molar-refractivity contribution in [1.82, 2.24) is 14.8 Å². The molecule has 2 aromatic heterocycles. The number of pyridine rings is 1. The topological polar surface area (TPSA) is 80.5 Å². The number of para-hydroxylation sites is 1. The number of hydrogen-bond donors (Lipinski definition) is 1. The molecule has 29 heavy (non-hydrogen) atoms. The lowest BCUT2D eigenvalue weighted by atomic mass is 9.92. The number of aryl methyl sites for hydroxylation is 1. The van der Waals surface area contributed by atoms with Crippen molar-refractivity contribution >= 4 is 17.6 Å². The van der Waals surface area contributed by atoms with Crippen LogP contribution in [0.5, 0.6) is 5.75 Å². The number of rotatable bonds is 5. The van der Waals surface area contributed by atoms with Crippen LogP contribution in [0.1, 0.15) is 42.4 Å². The molecule has 0 aliphatic rings. The molecular weight excluding hydrogens is 368 g/mol. The number of benzene rings is 1. The smallest absolute Gasteiger partial charge is 0.339 e. The van der Waals surface area contributed by atoms with Crippen LogP contribution in [0.3, 0.4) is 0 Å². The fourth-order valence-corrected chi connectivity index (χ4v) is 3.15. The van der Waals surface area contributed by atoms with Gasteiger partial charge in [-0.25, -0.2) is 14.5 Å². The third kappa shape index (κ3) is 3.81. The van der Waals surface area contributed by atoms with Gasteiger partial charge in [-0.15, -0.1) is 0 Å². The van der Waals surface area contributed by atoms with Crippen LogP contribution in [0.15, 0.2) is 42.6 Å². The van der Waals surface area contributed by atoms with E-state index in [1.54, 1.807) is 42.1 Å². The Morgan fingerprint density at radius 3 is 2.55 bits per heavy atom. The Kier molecular flexibility index (Phi) is 5.33. The summed E-state index contributed by atoms with van der Waals surface area (Å²) < 4.78 is 7.39. The molecule has 0 saturated carbocycles. The lowest BCUT2D eigenvalue weighted by molar-refractivity contribution is 0.0697. The van der Waals surface area contributed by atoms with Gasteiger partial charge in [0.15, 0.2) is 0 Å². The summed E-state index contributed by atoms with van der Waals surface area (Å²) in [5, 5.41) is 14.5. The summed E-state index contributed by atoms with van der Waals surface area (Å²) in [7, 11) is 3.41. The lowest BCUT2D eigenvalue weighted by Gasteiger charge is -2.22. The highest BCUT2D eigenvalue weighted by Crippen LogP contribution is 2.35. The number of carboxylic acid groups (broad SMARTS) is 1. The first-order chi connectivity index (χ1) is 13.6. The van der Waals surface area contributed by atoms with Gasteiger partial charge < -0.3 is 14.7 Å². The third-order valence-corrected chi connectivity index (χ3v) is 4.77. The van der Waals surface area contributed by atoms with E-state index in [1.807, 2.05) is 31.2 Å². The van der Waals surface area contributed by atoms with Crippen LogP contribution in [0.25, 0.3) is 5.69 Å². The zero-order valence-corrected chi connectivity index (χ0v) is 17.6. The van der Waals surface area contributed by atoms with Crippen LogP contribution in [-0.4, -0.2) is 40.0 Å². The molecule has 0 unspecified atom stereocenters. The molecule has 7 heteroatoms. The molecule has 2 heterocycles. The number of nitrogens with zero attached hydrogens (tertiary/aromatic N) is 4. The minimum atomic E-state index is -1.03. The molecule has 0 bridgehead atoms. The van der Waals surface area contributed by atoms with Gasteiger partial charge in [0.2, 0.25) is 0 Å². The molecule has 0 aliphatic heterocycles. The van der Waals surface area contributed by atoms with Crippen LogP contribution in [-0.2, 0) is 5.41 Å². The van der Waals surface area contributed by atoms with E-state index in [9.17, 15) is 9.90 Å². The minimum Gasteiger partial charge on any atom is -0.494 e. The first kappa shape index (κ1) is 20.4. The van der Waals surface area contributed by atoms with E-state index in [4.69, 9.17) is 9.84 Å². The number of aromatic carboxylic acids is 1. The van der Waals surface area contributed by atoms with E-state index in [-0.39, 0.29) is 11.0 Å². The Morgan fingerprint density at radius 1 is 1.21 bits per heavy atom. The Bertz CT molecular complexity index is 1050. The molecule has 0 saturated heterocycles. The normalized spacial score (nSPS) is 11.4. The molecule has 0 spiro atoms. The van der Waals surface area contributed by atoms with Crippen molar-refractivity contribution in [2.75, 3.05) is 19.1 Å². The number of carboxylic acids is 1. The lowest BCUT2D eigenvalue weighted by Crippen LogP contribution is -2.19. The van der Waals surface area contributed by atoms with E-state index < -0.39 is 5.97 Å². The van der Waals surface area contributed by atoms with Gasteiger partial charge in [0, 0.05) is 24.7 Å². The molecule has 0 radical (unpaired) electrons. The summed E-state index contributed by atoms with van der Waals surface area (Å²) in [5.41, 5.74) is 2.59. The maximum atomic E-state index is 11.7. The maximum absolute atomic E-state index is 11.7. The van der Waals surface area contributed by atoms with Crippen LogP contribution < -0.4 is 9.64 Å². The largest absolute Gasteiger partial charge is 0.494 e. The zero-order valence-electron chi connectivity index (χ0n) is 17.6. The summed E-state index contributed by atoms with van der Waals surface area (Å²) in [6.45, 7) is 8.25. The maximum Gasteiger partial charge on any atom is 0.339 e. The van der Waals surface area contributed by atoms with Crippen LogP contribution in [0.2, 0.25) is 0 Å². The molecule has 0 amide bonds. The Balaban J connectivity index is 2.28. The van der Waals surface area contributed by atoms with Gasteiger partial charge in [-0.1, -0.05) is 32.9 Å². The van der Waals surface area contributed by atoms with E-state index in [0.717, 1.165) is 16.9 Å². The Labute approximate surface area is 170 Å². The van der Waals surface area contributed by atoms with Crippen LogP contribution in [0, 0.1) is 6.92 Å². The van der Waals surface area contributed by atoms with Crippen molar-refractivity contribution < 1.29 is 14.6 Å². The summed E-state index contributed by atoms with van der Waals surface area (Å²) in [5.74, 6) is 0.691. The molecule has 7 nitrogen and oxygen atoms in total. The number of ether oxygens (including phenoxy) is 1. The number of anilines is 2. The molecule has 1 N–H and O–H groups in total. The molecule has 0 aliphatic carbocycles. The van der Waals surface area contributed by atoms with Gasteiger partial charge in [0.25, 0.3) is 0 Å². The second kappa shape index (κ2) is 7.58. The molecule has 152 valence electrons. The highest BCUT2D eigenvalue weighted by atomic mass is 16.5. The number of aromatic nitrogens is 3. The summed E-state index contributed by atoms with van der Waals surface area (Å²) in [4.78, 5) is 17.8. The predicted molar refractivity (Wildman–Crippen MR) is 113 cm³/mol. The highest BCUT2D eigenvalue weighted by molar-refractivity contribution is 5.94. The molecule has 1 aromatic carbocycles. The monoisotopic (exact) mass is 394 g/mol. The molecule has 0 atom stereocenters.